The van der Waals surface area contributed by atoms with Gasteiger partial charge in [0.1, 0.15) is 0 Å². The summed E-state index contributed by atoms with van der Waals surface area (Å²) in [5, 5.41) is 3.53. The average molecular weight is 332 g/mol. The molecule has 0 radical (unpaired) electrons. The number of nitrogens with one attached hydrogen (secondary N) is 1. The molecular formula is C13H16BrClN2O. The van der Waals surface area contributed by atoms with Crippen LogP contribution in [0, 0.1) is 0 Å². The SMILES string of the molecule is N[C@@H]1CCCC[C@H]1NC(=O)c1ccc(Br)c(Cl)c1. The molecule has 98 valence electrons. The lowest BCUT2D eigenvalue weighted by Gasteiger charge is -2.29. The number of carbonyl (C=O) groups excluding carboxylic acids is 1. The summed E-state index contributed by atoms with van der Waals surface area (Å²) in [5.74, 6) is -0.105. The van der Waals surface area contributed by atoms with Gasteiger partial charge in [0.15, 0.2) is 0 Å². The van der Waals surface area contributed by atoms with Crippen molar-refractivity contribution in [3.63, 3.8) is 0 Å². The van der Waals surface area contributed by atoms with E-state index < -0.39 is 0 Å². The van der Waals surface area contributed by atoms with Crippen molar-refractivity contribution in [3.8, 4) is 0 Å². The van der Waals surface area contributed by atoms with Crippen LogP contribution in [0.4, 0.5) is 0 Å². The maximum atomic E-state index is 12.1. The standard InChI is InChI=1S/C13H16BrClN2O/c14-9-6-5-8(7-10(9)15)13(18)17-12-4-2-1-3-11(12)16/h5-7,11-12H,1-4,16H2,(H,17,18)/t11-,12-/m1/s1. The third-order valence-electron chi connectivity index (χ3n) is 3.32. The Balaban J connectivity index is 2.04. The van der Waals surface area contributed by atoms with Crippen LogP contribution in [-0.4, -0.2) is 18.0 Å². The molecule has 0 heterocycles. The third-order valence-corrected chi connectivity index (χ3v) is 4.55. The first kappa shape index (κ1) is 13.8. The van der Waals surface area contributed by atoms with Gasteiger partial charge in [-0.1, -0.05) is 24.4 Å². The molecule has 1 saturated carbocycles. The third kappa shape index (κ3) is 3.25. The fourth-order valence-electron chi connectivity index (χ4n) is 2.23. The van der Waals surface area contributed by atoms with Crippen molar-refractivity contribution in [2.75, 3.05) is 0 Å². The normalized spacial score (nSPS) is 23.7. The number of carbonyl (C=O) groups is 1. The van der Waals surface area contributed by atoms with E-state index in [1.807, 2.05) is 0 Å². The van der Waals surface area contributed by atoms with E-state index in [2.05, 4.69) is 21.2 Å². The fourth-order valence-corrected chi connectivity index (χ4v) is 2.66. The van der Waals surface area contributed by atoms with Crippen molar-refractivity contribution in [1.29, 1.82) is 0 Å². The van der Waals surface area contributed by atoms with Gasteiger partial charge in [-0.15, -0.1) is 0 Å². The molecule has 1 aromatic carbocycles. The predicted molar refractivity (Wildman–Crippen MR) is 76.8 cm³/mol. The number of amides is 1. The Hall–Kier alpha value is -0.580. The van der Waals surface area contributed by atoms with Gasteiger partial charge < -0.3 is 11.1 Å². The first-order chi connectivity index (χ1) is 8.58. The van der Waals surface area contributed by atoms with Gasteiger partial charge in [-0.05, 0) is 47.0 Å². The summed E-state index contributed by atoms with van der Waals surface area (Å²) < 4.78 is 0.787. The van der Waals surface area contributed by atoms with Gasteiger partial charge in [-0.2, -0.15) is 0 Å². The Kier molecular flexibility index (Phi) is 4.65. The van der Waals surface area contributed by atoms with Gasteiger partial charge in [-0.3, -0.25) is 4.79 Å². The number of halogens is 2. The molecule has 18 heavy (non-hydrogen) atoms. The lowest BCUT2D eigenvalue weighted by atomic mass is 9.91. The maximum Gasteiger partial charge on any atom is 0.251 e. The van der Waals surface area contributed by atoms with E-state index in [1.165, 1.54) is 0 Å². The van der Waals surface area contributed by atoms with Crippen molar-refractivity contribution < 1.29 is 4.79 Å². The van der Waals surface area contributed by atoms with Crippen LogP contribution < -0.4 is 11.1 Å². The Morgan fingerprint density at radius 1 is 1.39 bits per heavy atom. The molecule has 2 rings (SSSR count). The first-order valence-electron chi connectivity index (χ1n) is 6.09. The lowest BCUT2D eigenvalue weighted by molar-refractivity contribution is 0.0921. The van der Waals surface area contributed by atoms with E-state index in [0.29, 0.717) is 10.6 Å². The second-order valence-electron chi connectivity index (χ2n) is 4.66. The van der Waals surface area contributed by atoms with E-state index in [-0.39, 0.29) is 18.0 Å². The molecule has 3 N–H and O–H groups in total. The molecule has 0 unspecified atom stereocenters. The molecule has 0 aliphatic heterocycles. The Morgan fingerprint density at radius 2 is 2.11 bits per heavy atom. The minimum atomic E-state index is -0.105. The van der Waals surface area contributed by atoms with Crippen LogP contribution in [0.5, 0.6) is 0 Å². The molecule has 1 aromatic rings. The Labute approximate surface area is 120 Å². The number of benzene rings is 1. The zero-order valence-electron chi connectivity index (χ0n) is 9.96. The second kappa shape index (κ2) is 6.04. The summed E-state index contributed by atoms with van der Waals surface area (Å²) in [4.78, 5) is 12.1. The van der Waals surface area contributed by atoms with Gasteiger partial charge in [0.05, 0.1) is 5.02 Å². The highest BCUT2D eigenvalue weighted by Crippen LogP contribution is 2.23. The van der Waals surface area contributed by atoms with Gasteiger partial charge in [0, 0.05) is 22.1 Å². The second-order valence-corrected chi connectivity index (χ2v) is 5.92. The molecule has 2 atom stereocenters. The van der Waals surface area contributed by atoms with Crippen molar-refractivity contribution in [3.05, 3.63) is 33.3 Å². The highest BCUT2D eigenvalue weighted by atomic mass is 79.9. The summed E-state index contributed by atoms with van der Waals surface area (Å²) in [6.45, 7) is 0. The van der Waals surface area contributed by atoms with E-state index in [1.54, 1.807) is 18.2 Å². The molecule has 1 fully saturated rings. The zero-order valence-corrected chi connectivity index (χ0v) is 12.3. The Bertz CT molecular complexity index is 453. The molecular weight excluding hydrogens is 316 g/mol. The highest BCUT2D eigenvalue weighted by molar-refractivity contribution is 9.10. The summed E-state index contributed by atoms with van der Waals surface area (Å²) in [5.41, 5.74) is 6.58. The van der Waals surface area contributed by atoms with E-state index >= 15 is 0 Å². The minimum absolute atomic E-state index is 0.0635. The Morgan fingerprint density at radius 3 is 2.78 bits per heavy atom. The van der Waals surface area contributed by atoms with Gasteiger partial charge in [0.2, 0.25) is 0 Å². The zero-order chi connectivity index (χ0) is 13.1. The summed E-state index contributed by atoms with van der Waals surface area (Å²) in [7, 11) is 0. The largest absolute Gasteiger partial charge is 0.348 e. The minimum Gasteiger partial charge on any atom is -0.348 e. The smallest absolute Gasteiger partial charge is 0.251 e. The molecule has 0 aromatic heterocycles. The molecule has 0 saturated heterocycles. The number of nitrogens with two attached hydrogens (primary N) is 1. The van der Waals surface area contributed by atoms with E-state index in [4.69, 9.17) is 17.3 Å². The van der Waals surface area contributed by atoms with E-state index in [0.717, 1.165) is 30.2 Å². The monoisotopic (exact) mass is 330 g/mol. The van der Waals surface area contributed by atoms with Crippen LogP contribution in [0.2, 0.25) is 5.02 Å². The first-order valence-corrected chi connectivity index (χ1v) is 7.26. The van der Waals surface area contributed by atoms with Crippen LogP contribution in [0.15, 0.2) is 22.7 Å². The van der Waals surface area contributed by atoms with E-state index in [9.17, 15) is 4.79 Å². The van der Waals surface area contributed by atoms with Crippen molar-refractivity contribution in [2.24, 2.45) is 5.73 Å². The topological polar surface area (TPSA) is 55.1 Å². The quantitative estimate of drug-likeness (QED) is 0.875. The molecule has 1 aliphatic carbocycles. The summed E-state index contributed by atoms with van der Waals surface area (Å²) in [6, 6.07) is 5.33. The van der Waals surface area contributed by atoms with Gasteiger partial charge >= 0.3 is 0 Å². The predicted octanol–water partition coefficient (Wildman–Crippen LogP) is 3.10. The fraction of sp³-hybridized carbons (Fsp3) is 0.462. The molecule has 0 bridgehead atoms. The van der Waals surface area contributed by atoms with Crippen molar-refractivity contribution >= 4 is 33.4 Å². The van der Waals surface area contributed by atoms with Gasteiger partial charge in [0.25, 0.3) is 5.91 Å². The van der Waals surface area contributed by atoms with Crippen LogP contribution >= 0.6 is 27.5 Å². The maximum absolute atomic E-state index is 12.1. The van der Waals surface area contributed by atoms with Crippen LogP contribution in [0.25, 0.3) is 0 Å². The molecule has 5 heteroatoms. The molecule has 0 spiro atoms. The summed E-state index contributed by atoms with van der Waals surface area (Å²) in [6.07, 6.45) is 4.21. The molecule has 1 amide bonds. The number of rotatable bonds is 2. The molecule has 1 aliphatic rings. The number of hydrogen-bond donors (Lipinski definition) is 2. The van der Waals surface area contributed by atoms with Crippen LogP contribution in [0.3, 0.4) is 0 Å². The number of hydrogen-bond acceptors (Lipinski definition) is 2. The average Bonchev–Trinajstić information content (AvgIpc) is 2.35. The summed E-state index contributed by atoms with van der Waals surface area (Å²) >= 11 is 9.28. The van der Waals surface area contributed by atoms with Gasteiger partial charge in [-0.25, -0.2) is 0 Å². The highest BCUT2D eigenvalue weighted by Gasteiger charge is 2.23. The van der Waals surface area contributed by atoms with Crippen LogP contribution in [0.1, 0.15) is 36.0 Å². The van der Waals surface area contributed by atoms with Crippen LogP contribution in [-0.2, 0) is 0 Å². The lowest BCUT2D eigenvalue weighted by Crippen LogP contribution is -2.49. The van der Waals surface area contributed by atoms with Crippen molar-refractivity contribution in [2.45, 2.75) is 37.8 Å². The van der Waals surface area contributed by atoms with Crippen molar-refractivity contribution in [1.82, 2.24) is 5.32 Å². The molecule has 3 nitrogen and oxygen atoms in total.